The van der Waals surface area contributed by atoms with Crippen LogP contribution in [0.15, 0.2) is 34.9 Å². The van der Waals surface area contributed by atoms with E-state index in [0.717, 1.165) is 5.56 Å². The Morgan fingerprint density at radius 3 is 2.33 bits per heavy atom. The van der Waals surface area contributed by atoms with Gasteiger partial charge in [0, 0.05) is 10.3 Å². The Morgan fingerprint density at radius 1 is 1.21 bits per heavy atom. The van der Waals surface area contributed by atoms with Crippen molar-refractivity contribution in [2.45, 2.75) is 43.0 Å². The highest BCUT2D eigenvalue weighted by atomic mass is 32.3. The zero-order valence-corrected chi connectivity index (χ0v) is 19.3. The van der Waals surface area contributed by atoms with E-state index in [-0.39, 0.29) is 11.5 Å². The molecule has 0 radical (unpaired) electrons. The van der Waals surface area contributed by atoms with Crippen LogP contribution in [0, 0.1) is 6.92 Å². The fraction of sp³-hybridized carbons (Fsp3) is 0.368. The summed E-state index contributed by atoms with van der Waals surface area (Å²) in [6, 6.07) is 7.46. The first-order valence-electron chi connectivity index (χ1n) is 9.47. The average molecular weight is 500 g/mol. The van der Waals surface area contributed by atoms with Crippen molar-refractivity contribution in [1.82, 2.24) is 15.4 Å². The van der Waals surface area contributed by atoms with Crippen LogP contribution in [0.25, 0.3) is 11.3 Å². The number of rotatable bonds is 4. The molecule has 2 aliphatic rings. The number of carbonyl (C=O) groups excluding carboxylic acids is 2. The van der Waals surface area contributed by atoms with Gasteiger partial charge in [-0.15, -0.1) is 11.8 Å². The predicted octanol–water partition coefficient (Wildman–Crippen LogP) is 1.24. The van der Waals surface area contributed by atoms with Crippen LogP contribution >= 0.6 is 11.8 Å². The normalized spacial score (nSPS) is 23.1. The molecule has 1 aromatic heterocycles. The number of hydrogen-bond donors (Lipinski definition) is 4. The summed E-state index contributed by atoms with van der Waals surface area (Å²) in [7, 11) is -4.67. The fourth-order valence-corrected chi connectivity index (χ4v) is 5.42. The van der Waals surface area contributed by atoms with Crippen molar-refractivity contribution in [2.24, 2.45) is 0 Å². The molecule has 0 bridgehead atoms. The number of nitrogens with one attached hydrogen (secondary N) is 1. The molecule has 3 heterocycles. The molecule has 4 N–H and O–H groups in total. The van der Waals surface area contributed by atoms with E-state index < -0.39 is 44.5 Å². The number of aryl methyl sites for hydroxylation is 1. The number of hydrogen-bond acceptors (Lipinski definition) is 8. The molecule has 33 heavy (non-hydrogen) atoms. The smallest absolute Gasteiger partial charge is 0.394 e. The Bertz CT molecular complexity index is 1190. The summed E-state index contributed by atoms with van der Waals surface area (Å²) in [5.74, 6) is -1.55. The summed E-state index contributed by atoms with van der Waals surface area (Å²) in [6.45, 7) is 5.22. The van der Waals surface area contributed by atoms with E-state index in [0.29, 0.717) is 11.5 Å². The lowest BCUT2D eigenvalue weighted by Crippen LogP contribution is -2.70. The minimum absolute atomic E-state index is 0.273. The molecule has 0 saturated carbocycles. The van der Waals surface area contributed by atoms with E-state index in [4.69, 9.17) is 22.0 Å². The number of thioether (sulfide) groups is 1. The lowest BCUT2D eigenvalue weighted by molar-refractivity contribution is -0.159. The summed E-state index contributed by atoms with van der Waals surface area (Å²) < 4.78 is 36.1. The van der Waals surface area contributed by atoms with Crippen molar-refractivity contribution in [3.63, 3.8) is 0 Å². The van der Waals surface area contributed by atoms with E-state index in [1.54, 1.807) is 20.8 Å². The third-order valence-electron chi connectivity index (χ3n) is 5.10. The second kappa shape index (κ2) is 8.78. The van der Waals surface area contributed by atoms with Crippen LogP contribution < -0.4 is 5.32 Å². The number of fused-ring (bicyclic) bond motifs is 1. The average Bonchev–Trinajstić information content (AvgIpc) is 3.20. The summed E-state index contributed by atoms with van der Waals surface area (Å²) in [4.78, 5) is 38.5. The molecule has 2 fully saturated rings. The molecular weight excluding hydrogens is 478 g/mol. The standard InChI is InChI=1S/C19H19N3O5S.H2O4S/c1-9-11(12(21-27-9)10-7-5-4-6-8-10)15(23)20-13-16(24)22-14(18(25)26)19(2,3)28-17(13)22;1-5(2,3)4/h4-8,13-14,17H,1-3H3,(H,20,23)(H,25,26);(H2,1,2,3,4)/t13-,14+,17-;/m1./s1. The zero-order chi connectivity index (χ0) is 24.7. The molecular formula is C19H21N3O9S2. The first-order valence-corrected chi connectivity index (χ1v) is 11.7. The fourth-order valence-electron chi connectivity index (χ4n) is 3.79. The summed E-state index contributed by atoms with van der Waals surface area (Å²) in [5, 5.41) is 15.8. The number of benzene rings is 1. The number of carbonyl (C=O) groups is 3. The lowest BCUT2D eigenvalue weighted by atomic mass is 9.95. The molecule has 2 saturated heterocycles. The molecule has 178 valence electrons. The van der Waals surface area contributed by atoms with Gasteiger partial charge in [-0.2, -0.15) is 8.42 Å². The molecule has 0 aliphatic carbocycles. The molecule has 14 heteroatoms. The van der Waals surface area contributed by atoms with Crippen LogP contribution in [0.5, 0.6) is 0 Å². The van der Waals surface area contributed by atoms with Crippen LogP contribution in [-0.2, 0) is 20.0 Å². The van der Waals surface area contributed by atoms with Crippen LogP contribution in [0.3, 0.4) is 0 Å². The quantitative estimate of drug-likeness (QED) is 0.350. The van der Waals surface area contributed by atoms with E-state index in [2.05, 4.69) is 10.5 Å². The van der Waals surface area contributed by atoms with Crippen molar-refractivity contribution >= 4 is 39.9 Å². The van der Waals surface area contributed by atoms with Gasteiger partial charge in [-0.25, -0.2) is 4.79 Å². The first-order chi connectivity index (χ1) is 15.2. The van der Waals surface area contributed by atoms with Gasteiger partial charge in [0.1, 0.15) is 34.5 Å². The van der Waals surface area contributed by atoms with Crippen LogP contribution in [0.2, 0.25) is 0 Å². The maximum absolute atomic E-state index is 12.9. The largest absolute Gasteiger partial charge is 0.480 e. The highest BCUT2D eigenvalue weighted by Crippen LogP contribution is 2.50. The highest BCUT2D eigenvalue weighted by molar-refractivity contribution is 8.01. The monoisotopic (exact) mass is 499 g/mol. The Labute approximate surface area is 192 Å². The van der Waals surface area contributed by atoms with Crippen molar-refractivity contribution in [1.29, 1.82) is 0 Å². The summed E-state index contributed by atoms with van der Waals surface area (Å²) >= 11 is 1.38. The Morgan fingerprint density at radius 2 is 1.79 bits per heavy atom. The Kier molecular flexibility index (Phi) is 6.57. The van der Waals surface area contributed by atoms with Gasteiger partial charge in [0.25, 0.3) is 5.91 Å². The molecule has 1 aromatic carbocycles. The topological polar surface area (TPSA) is 187 Å². The number of amides is 2. The van der Waals surface area contributed by atoms with Gasteiger partial charge in [-0.3, -0.25) is 18.7 Å². The number of carboxylic acid groups (broad SMARTS) is 1. The number of nitrogens with zero attached hydrogens (tertiary/aromatic N) is 2. The number of aromatic nitrogens is 1. The number of β-lactam (4-membered cyclic amide) rings is 1. The molecule has 4 rings (SSSR count). The van der Waals surface area contributed by atoms with Gasteiger partial charge in [0.2, 0.25) is 5.91 Å². The highest BCUT2D eigenvalue weighted by Gasteiger charge is 2.64. The molecule has 0 spiro atoms. The maximum Gasteiger partial charge on any atom is 0.394 e. The SMILES string of the molecule is Cc1onc(-c2ccccc2)c1C(=O)N[C@@H]1C(=O)N2[C@@H]1SC(C)(C)[C@@H]2C(=O)O.O=S(=O)(O)O. The van der Waals surface area contributed by atoms with Crippen LogP contribution in [-0.4, -0.2) is 72.7 Å². The molecule has 2 amide bonds. The van der Waals surface area contributed by atoms with Crippen LogP contribution in [0.4, 0.5) is 0 Å². The minimum Gasteiger partial charge on any atom is -0.480 e. The minimum atomic E-state index is -4.67. The first kappa shape index (κ1) is 24.7. The second-order valence-electron chi connectivity index (χ2n) is 7.83. The van der Waals surface area contributed by atoms with Crippen molar-refractivity contribution in [3.8, 4) is 11.3 Å². The van der Waals surface area contributed by atoms with Gasteiger partial charge in [0.05, 0.1) is 0 Å². The van der Waals surface area contributed by atoms with Crippen molar-refractivity contribution in [3.05, 3.63) is 41.7 Å². The molecule has 2 aliphatic heterocycles. The van der Waals surface area contributed by atoms with Gasteiger partial charge in [-0.1, -0.05) is 35.5 Å². The van der Waals surface area contributed by atoms with Crippen molar-refractivity contribution in [2.75, 3.05) is 0 Å². The molecule has 3 atom stereocenters. The molecule has 2 aromatic rings. The lowest BCUT2D eigenvalue weighted by Gasteiger charge is -2.43. The zero-order valence-electron chi connectivity index (χ0n) is 17.6. The summed E-state index contributed by atoms with van der Waals surface area (Å²) in [5.41, 5.74) is 1.41. The predicted molar refractivity (Wildman–Crippen MR) is 116 cm³/mol. The maximum atomic E-state index is 12.9. The van der Waals surface area contributed by atoms with Crippen molar-refractivity contribution < 1.29 is 41.5 Å². The molecule has 0 unspecified atom stereocenters. The van der Waals surface area contributed by atoms with E-state index in [9.17, 15) is 19.5 Å². The molecule has 12 nitrogen and oxygen atoms in total. The third-order valence-corrected chi connectivity index (χ3v) is 6.67. The van der Waals surface area contributed by atoms with E-state index in [1.165, 1.54) is 16.7 Å². The van der Waals surface area contributed by atoms with Gasteiger partial charge >= 0.3 is 16.4 Å². The number of aliphatic carboxylic acids is 1. The van der Waals surface area contributed by atoms with Crippen LogP contribution in [0.1, 0.15) is 30.0 Å². The number of carboxylic acids is 1. The van der Waals surface area contributed by atoms with Gasteiger partial charge in [-0.05, 0) is 20.8 Å². The Balaban J connectivity index is 0.000000555. The van der Waals surface area contributed by atoms with E-state index in [1.807, 2.05) is 30.3 Å². The van der Waals surface area contributed by atoms with E-state index >= 15 is 0 Å². The summed E-state index contributed by atoms with van der Waals surface area (Å²) in [6.07, 6.45) is 0. The van der Waals surface area contributed by atoms with Gasteiger partial charge < -0.3 is 19.8 Å². The Hall–Kier alpha value is -2.94. The third kappa shape index (κ3) is 5.03. The second-order valence-corrected chi connectivity index (χ2v) is 10.5. The van der Waals surface area contributed by atoms with Gasteiger partial charge in [0.15, 0.2) is 0 Å².